The van der Waals surface area contributed by atoms with Gasteiger partial charge in [0.15, 0.2) is 5.96 Å². The Bertz CT molecular complexity index is 673. The molecule has 8 heteroatoms. The Labute approximate surface area is 181 Å². The number of guanidine groups is 1. The molecule has 2 N–H and O–H groups in total. The summed E-state index contributed by atoms with van der Waals surface area (Å²) >= 11 is 3.51. The van der Waals surface area contributed by atoms with Crippen LogP contribution in [0.4, 0.5) is 0 Å². The van der Waals surface area contributed by atoms with Gasteiger partial charge in [-0.2, -0.15) is 0 Å². The highest BCUT2D eigenvalue weighted by molar-refractivity contribution is 14.0. The summed E-state index contributed by atoms with van der Waals surface area (Å²) in [5, 5.41) is 14.7. The first-order chi connectivity index (χ1) is 12.2. The van der Waals surface area contributed by atoms with E-state index in [1.165, 1.54) is 5.56 Å². The number of rotatable bonds is 9. The maximum Gasteiger partial charge on any atom is 0.191 e. The first-order valence-electron chi connectivity index (χ1n) is 8.86. The van der Waals surface area contributed by atoms with Crippen molar-refractivity contribution in [2.75, 3.05) is 19.6 Å². The van der Waals surface area contributed by atoms with Crippen molar-refractivity contribution in [2.45, 2.75) is 39.7 Å². The van der Waals surface area contributed by atoms with Gasteiger partial charge in [0.1, 0.15) is 12.2 Å². The molecule has 0 spiro atoms. The predicted octanol–water partition coefficient (Wildman–Crippen LogP) is 3.41. The van der Waals surface area contributed by atoms with E-state index >= 15 is 0 Å². The fourth-order valence-electron chi connectivity index (χ4n) is 2.54. The summed E-state index contributed by atoms with van der Waals surface area (Å²) in [6, 6.07) is 8.44. The molecule has 0 radical (unpaired) electrons. The highest BCUT2D eigenvalue weighted by atomic mass is 127. The maximum atomic E-state index is 4.65. The molecule has 6 nitrogen and oxygen atoms in total. The zero-order chi connectivity index (χ0) is 17.9. The topological polar surface area (TPSA) is 67.1 Å². The number of aromatic nitrogens is 3. The highest BCUT2D eigenvalue weighted by Gasteiger charge is 2.02. The van der Waals surface area contributed by atoms with Gasteiger partial charge in [0.25, 0.3) is 0 Å². The molecule has 1 aromatic heterocycles. The standard InChI is InChI=1S/C18H27BrN6.HI/c1-3-17-24-23-14-25(17)12-11-22-18(20-4-2)21-10-6-8-15-7-5-9-16(19)13-15;/h5,7,9,13-14H,3-4,6,8,10-12H2,1-2H3,(H2,20,21,22);1H. The lowest BCUT2D eigenvalue weighted by Crippen LogP contribution is -2.39. The molecule has 1 heterocycles. The van der Waals surface area contributed by atoms with Gasteiger partial charge in [-0.3, -0.25) is 4.99 Å². The number of nitrogens with zero attached hydrogens (tertiary/aromatic N) is 4. The number of benzene rings is 1. The highest BCUT2D eigenvalue weighted by Crippen LogP contribution is 2.12. The minimum atomic E-state index is 0. The number of aliphatic imine (C=N–C) groups is 1. The fourth-order valence-corrected chi connectivity index (χ4v) is 2.99. The Morgan fingerprint density at radius 1 is 1.27 bits per heavy atom. The molecule has 0 aliphatic rings. The number of hydrogen-bond acceptors (Lipinski definition) is 3. The molecule has 0 saturated carbocycles. The molecule has 0 amide bonds. The van der Waals surface area contributed by atoms with E-state index in [0.29, 0.717) is 0 Å². The monoisotopic (exact) mass is 534 g/mol. The van der Waals surface area contributed by atoms with Crippen LogP contribution < -0.4 is 10.6 Å². The first kappa shape index (κ1) is 22.9. The van der Waals surface area contributed by atoms with Crippen molar-refractivity contribution < 1.29 is 0 Å². The lowest BCUT2D eigenvalue weighted by molar-refractivity contribution is 0.632. The minimum absolute atomic E-state index is 0. The van der Waals surface area contributed by atoms with Crippen molar-refractivity contribution in [3.8, 4) is 0 Å². The van der Waals surface area contributed by atoms with Crippen LogP contribution in [0.3, 0.4) is 0 Å². The minimum Gasteiger partial charge on any atom is -0.357 e. The van der Waals surface area contributed by atoms with Crippen LogP contribution in [0.2, 0.25) is 0 Å². The van der Waals surface area contributed by atoms with Crippen molar-refractivity contribution in [2.24, 2.45) is 4.99 Å². The predicted molar refractivity (Wildman–Crippen MR) is 121 cm³/mol. The van der Waals surface area contributed by atoms with Gasteiger partial charge < -0.3 is 15.2 Å². The maximum absolute atomic E-state index is 4.65. The second-order valence-electron chi connectivity index (χ2n) is 5.72. The third-order valence-corrected chi connectivity index (χ3v) is 4.28. The molecule has 0 saturated heterocycles. The van der Waals surface area contributed by atoms with Gasteiger partial charge in [-0.25, -0.2) is 0 Å². The quantitative estimate of drug-likeness (QED) is 0.224. The number of hydrogen-bond donors (Lipinski definition) is 2. The van der Waals surface area contributed by atoms with Gasteiger partial charge in [-0.15, -0.1) is 34.2 Å². The summed E-state index contributed by atoms with van der Waals surface area (Å²) in [5.74, 6) is 1.88. The average molecular weight is 535 g/mol. The first-order valence-corrected chi connectivity index (χ1v) is 9.65. The molecule has 0 unspecified atom stereocenters. The molecule has 0 aliphatic carbocycles. The Kier molecular flexibility index (Phi) is 11.5. The summed E-state index contributed by atoms with van der Waals surface area (Å²) in [7, 11) is 0. The van der Waals surface area contributed by atoms with Crippen molar-refractivity contribution >= 4 is 45.9 Å². The molecule has 0 bridgehead atoms. The van der Waals surface area contributed by atoms with Crippen LogP contribution in [-0.2, 0) is 19.4 Å². The van der Waals surface area contributed by atoms with Gasteiger partial charge in [-0.1, -0.05) is 35.0 Å². The summed E-state index contributed by atoms with van der Waals surface area (Å²) < 4.78 is 3.20. The van der Waals surface area contributed by atoms with E-state index in [-0.39, 0.29) is 24.0 Å². The van der Waals surface area contributed by atoms with Crippen LogP contribution in [0, 0.1) is 0 Å². The van der Waals surface area contributed by atoms with Crippen LogP contribution in [0.5, 0.6) is 0 Å². The number of halogens is 2. The number of nitrogens with one attached hydrogen (secondary N) is 2. The molecule has 2 rings (SSSR count). The van der Waals surface area contributed by atoms with Crippen LogP contribution >= 0.6 is 39.9 Å². The van der Waals surface area contributed by atoms with Crippen LogP contribution in [0.25, 0.3) is 0 Å². The molecule has 2 aromatic rings. The average Bonchev–Trinajstić information content (AvgIpc) is 3.06. The Hall–Kier alpha value is -1.16. The molecule has 1 aromatic carbocycles. The van der Waals surface area contributed by atoms with Crippen molar-refractivity contribution in [3.05, 3.63) is 46.5 Å². The zero-order valence-corrected chi connectivity index (χ0v) is 19.3. The van der Waals surface area contributed by atoms with E-state index in [4.69, 9.17) is 0 Å². The van der Waals surface area contributed by atoms with E-state index in [2.05, 4.69) is 84.4 Å². The molecule has 0 aliphatic heterocycles. The van der Waals surface area contributed by atoms with E-state index in [1.54, 1.807) is 6.33 Å². The van der Waals surface area contributed by atoms with E-state index < -0.39 is 0 Å². The lowest BCUT2D eigenvalue weighted by Gasteiger charge is -2.12. The van der Waals surface area contributed by atoms with Crippen molar-refractivity contribution in [1.82, 2.24) is 25.4 Å². The van der Waals surface area contributed by atoms with E-state index in [0.717, 1.165) is 61.7 Å². The molecular weight excluding hydrogens is 507 g/mol. The second-order valence-corrected chi connectivity index (χ2v) is 6.63. The molecule has 144 valence electrons. The summed E-state index contributed by atoms with van der Waals surface area (Å²) in [6.07, 6.45) is 4.73. The van der Waals surface area contributed by atoms with Gasteiger partial charge in [0.05, 0.1) is 0 Å². The van der Waals surface area contributed by atoms with E-state index in [9.17, 15) is 0 Å². The summed E-state index contributed by atoms with van der Waals surface area (Å²) in [5.41, 5.74) is 1.34. The van der Waals surface area contributed by atoms with Crippen molar-refractivity contribution in [3.63, 3.8) is 0 Å². The van der Waals surface area contributed by atoms with Crippen LogP contribution in [-0.4, -0.2) is 40.4 Å². The largest absolute Gasteiger partial charge is 0.357 e. The SMILES string of the molecule is CCNC(=NCCCc1cccc(Br)c1)NCCn1cnnc1CC.I. The zero-order valence-electron chi connectivity index (χ0n) is 15.4. The normalized spacial score (nSPS) is 11.1. The molecular formula is C18H28BrIN6. The summed E-state index contributed by atoms with van der Waals surface area (Å²) in [4.78, 5) is 4.65. The lowest BCUT2D eigenvalue weighted by atomic mass is 10.1. The number of aryl methyl sites for hydroxylation is 2. The van der Waals surface area contributed by atoms with Gasteiger partial charge in [0, 0.05) is 37.1 Å². The van der Waals surface area contributed by atoms with Crippen LogP contribution in [0.15, 0.2) is 40.1 Å². The Morgan fingerprint density at radius 2 is 2.12 bits per heavy atom. The summed E-state index contributed by atoms with van der Waals surface area (Å²) in [6.45, 7) is 7.44. The smallest absolute Gasteiger partial charge is 0.191 e. The molecule has 0 atom stereocenters. The molecule has 0 fully saturated rings. The van der Waals surface area contributed by atoms with E-state index in [1.807, 2.05) is 0 Å². The second kappa shape index (κ2) is 13.1. The van der Waals surface area contributed by atoms with Gasteiger partial charge >= 0.3 is 0 Å². The third-order valence-electron chi connectivity index (χ3n) is 3.78. The fraction of sp³-hybridized carbons (Fsp3) is 0.500. The van der Waals surface area contributed by atoms with Crippen LogP contribution in [0.1, 0.15) is 31.7 Å². The van der Waals surface area contributed by atoms with Gasteiger partial charge in [0.2, 0.25) is 0 Å². The Balaban J connectivity index is 0.00000338. The molecule has 26 heavy (non-hydrogen) atoms. The Morgan fingerprint density at radius 3 is 2.85 bits per heavy atom. The van der Waals surface area contributed by atoms with Gasteiger partial charge in [-0.05, 0) is 37.5 Å². The van der Waals surface area contributed by atoms with Crippen molar-refractivity contribution in [1.29, 1.82) is 0 Å². The third kappa shape index (κ3) is 8.03.